The highest BCUT2D eigenvalue weighted by molar-refractivity contribution is 6.33. The molecule has 2 rings (SSSR count). The minimum absolute atomic E-state index is 0.165. The Kier molecular flexibility index (Phi) is 4.24. The Morgan fingerprint density at radius 2 is 1.84 bits per heavy atom. The van der Waals surface area contributed by atoms with E-state index in [4.69, 9.17) is 27.9 Å². The summed E-state index contributed by atoms with van der Waals surface area (Å²) < 4.78 is 5.15. The summed E-state index contributed by atoms with van der Waals surface area (Å²) in [6.07, 6.45) is 0. The van der Waals surface area contributed by atoms with Gasteiger partial charge in [0.2, 0.25) is 0 Å². The Balaban J connectivity index is 2.25. The van der Waals surface area contributed by atoms with Crippen LogP contribution in [0, 0.1) is 0 Å². The van der Waals surface area contributed by atoms with Crippen molar-refractivity contribution >= 4 is 34.8 Å². The Labute approximate surface area is 120 Å². The van der Waals surface area contributed by atoms with Gasteiger partial charge in [-0.1, -0.05) is 35.3 Å². The van der Waals surface area contributed by atoms with Gasteiger partial charge in [0.25, 0.3) is 5.91 Å². The monoisotopic (exact) mass is 296 g/mol. The first kappa shape index (κ1) is 13.6. The van der Waals surface area contributed by atoms with Gasteiger partial charge in [0, 0.05) is 5.56 Å². The van der Waals surface area contributed by atoms with Crippen LogP contribution in [0.1, 0.15) is 10.4 Å². The lowest BCUT2D eigenvalue weighted by Crippen LogP contribution is -2.12. The lowest BCUT2D eigenvalue weighted by molar-refractivity contribution is 0.102. The summed E-state index contributed by atoms with van der Waals surface area (Å²) in [7, 11) is 1.53. The number of anilines is 1. The number of benzene rings is 1. The van der Waals surface area contributed by atoms with E-state index in [1.54, 1.807) is 18.2 Å². The van der Waals surface area contributed by atoms with E-state index in [1.807, 2.05) is 6.07 Å². The number of aromatic nitrogens is 1. The molecule has 0 aliphatic rings. The Hall–Kier alpha value is -1.78. The van der Waals surface area contributed by atoms with Crippen molar-refractivity contribution in [3.63, 3.8) is 0 Å². The molecule has 2 aromatic rings. The van der Waals surface area contributed by atoms with Crippen LogP contribution in [0.2, 0.25) is 10.3 Å². The fourth-order valence-corrected chi connectivity index (χ4v) is 2.00. The quantitative estimate of drug-likeness (QED) is 0.880. The Morgan fingerprint density at radius 1 is 1.21 bits per heavy atom. The zero-order valence-corrected chi connectivity index (χ0v) is 11.5. The van der Waals surface area contributed by atoms with Crippen LogP contribution in [0.3, 0.4) is 0 Å². The molecular weight excluding hydrogens is 287 g/mol. The van der Waals surface area contributed by atoms with Gasteiger partial charge in [-0.3, -0.25) is 4.79 Å². The average Bonchev–Trinajstić information content (AvgIpc) is 2.38. The second-order valence-electron chi connectivity index (χ2n) is 3.66. The number of hydrogen-bond donors (Lipinski definition) is 1. The number of carbonyl (C=O) groups is 1. The zero-order chi connectivity index (χ0) is 13.8. The van der Waals surface area contributed by atoms with E-state index in [1.165, 1.54) is 19.2 Å². The van der Waals surface area contributed by atoms with Gasteiger partial charge < -0.3 is 10.1 Å². The van der Waals surface area contributed by atoms with Crippen LogP contribution >= 0.6 is 23.2 Å². The first-order chi connectivity index (χ1) is 9.10. The van der Waals surface area contributed by atoms with Crippen molar-refractivity contribution in [1.82, 2.24) is 4.98 Å². The van der Waals surface area contributed by atoms with Crippen LogP contribution in [-0.4, -0.2) is 18.0 Å². The molecule has 0 spiro atoms. The first-order valence-electron chi connectivity index (χ1n) is 5.37. The van der Waals surface area contributed by atoms with Crippen LogP contribution in [0.5, 0.6) is 5.75 Å². The number of ether oxygens (including phenoxy) is 1. The number of amides is 1. The molecule has 0 aliphatic carbocycles. The van der Waals surface area contributed by atoms with Crippen molar-refractivity contribution in [2.24, 2.45) is 0 Å². The third-order valence-electron chi connectivity index (χ3n) is 2.38. The summed E-state index contributed by atoms with van der Waals surface area (Å²) in [5.41, 5.74) is 0.898. The molecular formula is C13H10Cl2N2O2. The summed E-state index contributed by atoms with van der Waals surface area (Å²) in [4.78, 5) is 15.9. The third kappa shape index (κ3) is 3.36. The summed E-state index contributed by atoms with van der Waals surface area (Å²) in [5, 5.41) is 3.05. The number of hydrogen-bond acceptors (Lipinski definition) is 3. The summed E-state index contributed by atoms with van der Waals surface area (Å²) >= 11 is 11.5. The number of rotatable bonds is 3. The molecule has 1 N–H and O–H groups in total. The van der Waals surface area contributed by atoms with Crippen LogP contribution in [0.4, 0.5) is 5.69 Å². The van der Waals surface area contributed by atoms with Crippen LogP contribution < -0.4 is 10.1 Å². The highest BCUT2D eigenvalue weighted by Gasteiger charge is 2.11. The summed E-state index contributed by atoms with van der Waals surface area (Å²) in [6, 6.07) is 9.99. The van der Waals surface area contributed by atoms with Gasteiger partial charge in [-0.05, 0) is 24.3 Å². The smallest absolute Gasteiger partial charge is 0.255 e. The van der Waals surface area contributed by atoms with E-state index in [9.17, 15) is 4.79 Å². The molecule has 1 aromatic heterocycles. The molecule has 4 nitrogen and oxygen atoms in total. The van der Waals surface area contributed by atoms with Gasteiger partial charge in [0.15, 0.2) is 0 Å². The van der Waals surface area contributed by atoms with E-state index < -0.39 is 0 Å². The number of pyridine rings is 1. The lowest BCUT2D eigenvalue weighted by atomic mass is 10.2. The van der Waals surface area contributed by atoms with E-state index in [-0.39, 0.29) is 16.2 Å². The predicted molar refractivity (Wildman–Crippen MR) is 75.2 cm³/mol. The highest BCUT2D eigenvalue weighted by Crippen LogP contribution is 2.24. The topological polar surface area (TPSA) is 51.2 Å². The number of nitrogens with zero attached hydrogens (tertiary/aromatic N) is 1. The van der Waals surface area contributed by atoms with Crippen molar-refractivity contribution in [3.8, 4) is 5.75 Å². The van der Waals surface area contributed by atoms with Crippen molar-refractivity contribution in [2.45, 2.75) is 0 Å². The van der Waals surface area contributed by atoms with Crippen LogP contribution in [-0.2, 0) is 0 Å². The second-order valence-corrected chi connectivity index (χ2v) is 4.43. The maximum atomic E-state index is 12.1. The Morgan fingerprint density at radius 3 is 2.47 bits per heavy atom. The van der Waals surface area contributed by atoms with Gasteiger partial charge in [0.05, 0.1) is 12.8 Å². The molecule has 1 heterocycles. The van der Waals surface area contributed by atoms with Crippen LogP contribution in [0.25, 0.3) is 0 Å². The van der Waals surface area contributed by atoms with E-state index in [2.05, 4.69) is 10.3 Å². The molecule has 0 unspecified atom stereocenters. The molecule has 0 saturated heterocycles. The summed E-state index contributed by atoms with van der Waals surface area (Å²) in [5.74, 6) is 0.234. The fourth-order valence-electron chi connectivity index (χ4n) is 1.54. The van der Waals surface area contributed by atoms with Crippen molar-refractivity contribution in [1.29, 1.82) is 0 Å². The van der Waals surface area contributed by atoms with Crippen molar-refractivity contribution < 1.29 is 9.53 Å². The molecule has 0 saturated carbocycles. The van der Waals surface area contributed by atoms with Gasteiger partial charge in [0.1, 0.15) is 16.1 Å². The fraction of sp³-hybridized carbons (Fsp3) is 0.0769. The SMILES string of the molecule is COc1ccccc1NC(=O)c1cc(Cl)nc(Cl)c1. The van der Waals surface area contributed by atoms with Crippen LogP contribution in [0.15, 0.2) is 36.4 Å². The number of halogens is 2. The molecule has 0 atom stereocenters. The van der Waals surface area contributed by atoms with Gasteiger partial charge in [-0.15, -0.1) is 0 Å². The number of para-hydroxylation sites is 2. The number of carbonyl (C=O) groups excluding carboxylic acids is 1. The van der Waals surface area contributed by atoms with Gasteiger partial charge >= 0.3 is 0 Å². The van der Waals surface area contributed by atoms with Gasteiger partial charge in [-0.25, -0.2) is 4.98 Å². The number of nitrogens with one attached hydrogen (secondary N) is 1. The lowest BCUT2D eigenvalue weighted by Gasteiger charge is -2.09. The Bertz CT molecular complexity index is 597. The minimum atomic E-state index is -0.337. The van der Waals surface area contributed by atoms with E-state index in [0.29, 0.717) is 17.0 Å². The van der Waals surface area contributed by atoms with E-state index >= 15 is 0 Å². The molecule has 6 heteroatoms. The molecule has 0 fully saturated rings. The standard InChI is InChI=1S/C13H10Cl2N2O2/c1-19-10-5-3-2-4-9(10)16-13(18)8-6-11(14)17-12(15)7-8/h2-7H,1H3,(H,16,18). The maximum Gasteiger partial charge on any atom is 0.255 e. The predicted octanol–water partition coefficient (Wildman–Crippen LogP) is 3.65. The van der Waals surface area contributed by atoms with Crippen molar-refractivity contribution in [3.05, 3.63) is 52.3 Å². The maximum absolute atomic E-state index is 12.1. The third-order valence-corrected chi connectivity index (χ3v) is 2.77. The molecule has 1 aromatic carbocycles. The largest absolute Gasteiger partial charge is 0.495 e. The average molecular weight is 297 g/mol. The number of methoxy groups -OCH3 is 1. The molecule has 0 bridgehead atoms. The second kappa shape index (κ2) is 5.91. The zero-order valence-electron chi connectivity index (χ0n) is 9.98. The normalized spacial score (nSPS) is 10.1. The van der Waals surface area contributed by atoms with E-state index in [0.717, 1.165) is 0 Å². The van der Waals surface area contributed by atoms with Crippen molar-refractivity contribution in [2.75, 3.05) is 12.4 Å². The molecule has 98 valence electrons. The van der Waals surface area contributed by atoms with Gasteiger partial charge in [-0.2, -0.15) is 0 Å². The highest BCUT2D eigenvalue weighted by atomic mass is 35.5. The molecule has 19 heavy (non-hydrogen) atoms. The summed E-state index contributed by atoms with van der Waals surface area (Å²) in [6.45, 7) is 0. The minimum Gasteiger partial charge on any atom is -0.495 e. The molecule has 0 radical (unpaired) electrons. The molecule has 0 aliphatic heterocycles. The molecule has 1 amide bonds. The first-order valence-corrected chi connectivity index (χ1v) is 6.13.